The van der Waals surface area contributed by atoms with Crippen molar-refractivity contribution in [3.05, 3.63) is 48.0 Å². The molecule has 3 unspecified atom stereocenters. The Morgan fingerprint density at radius 1 is 1.55 bits per heavy atom. The van der Waals surface area contributed by atoms with Crippen LogP contribution in [0.15, 0.2) is 46.6 Å². The summed E-state index contributed by atoms with van der Waals surface area (Å²) in [5.74, 6) is 1.22. The summed E-state index contributed by atoms with van der Waals surface area (Å²) in [6, 6.07) is 3.80. The van der Waals surface area contributed by atoms with Crippen molar-refractivity contribution < 1.29 is 9.21 Å². The molecule has 0 spiro atoms. The average molecular weight is 300 g/mol. The normalized spacial score (nSPS) is 26.9. The van der Waals surface area contributed by atoms with Gasteiger partial charge in [0.15, 0.2) is 0 Å². The van der Waals surface area contributed by atoms with Crippen molar-refractivity contribution in [2.24, 2.45) is 23.0 Å². The van der Waals surface area contributed by atoms with Crippen LogP contribution in [0.2, 0.25) is 0 Å². The predicted octanol–water partition coefficient (Wildman–Crippen LogP) is 2.43. The zero-order chi connectivity index (χ0) is 15.6. The number of furan rings is 1. The van der Waals surface area contributed by atoms with E-state index in [0.29, 0.717) is 12.3 Å². The molecule has 1 amide bonds. The summed E-state index contributed by atoms with van der Waals surface area (Å²) in [5.41, 5.74) is 6.72. The zero-order valence-electron chi connectivity index (χ0n) is 13.0. The van der Waals surface area contributed by atoms with Gasteiger partial charge < -0.3 is 15.5 Å². The van der Waals surface area contributed by atoms with Crippen LogP contribution < -0.4 is 11.1 Å². The summed E-state index contributed by atoms with van der Waals surface area (Å²) in [7, 11) is 0. The first-order chi connectivity index (χ1) is 10.7. The number of nitrogens with one attached hydrogen (secondary N) is 1. The van der Waals surface area contributed by atoms with E-state index in [1.54, 1.807) is 6.26 Å². The summed E-state index contributed by atoms with van der Waals surface area (Å²) in [4.78, 5) is 12.5. The van der Waals surface area contributed by atoms with Gasteiger partial charge >= 0.3 is 0 Å². The molecule has 4 nitrogen and oxygen atoms in total. The lowest BCUT2D eigenvalue weighted by atomic mass is 9.61. The first kappa shape index (κ1) is 15.1. The van der Waals surface area contributed by atoms with Crippen LogP contribution in [-0.2, 0) is 11.2 Å². The van der Waals surface area contributed by atoms with Gasteiger partial charge in [-0.2, -0.15) is 0 Å². The summed E-state index contributed by atoms with van der Waals surface area (Å²) in [5, 5.41) is 3.47. The number of rotatable bonds is 5. The Morgan fingerprint density at radius 2 is 2.41 bits per heavy atom. The third kappa shape index (κ3) is 2.52. The highest BCUT2D eigenvalue weighted by Gasteiger charge is 2.48. The molecule has 2 aliphatic rings. The molecule has 3 N–H and O–H groups in total. The Kier molecular flexibility index (Phi) is 4.21. The number of hydrogen-bond donors (Lipinski definition) is 2. The van der Waals surface area contributed by atoms with Gasteiger partial charge in [-0.15, -0.1) is 0 Å². The number of carbonyl (C=O) groups excluding carboxylic acids is 1. The lowest BCUT2D eigenvalue weighted by molar-refractivity contribution is -0.133. The van der Waals surface area contributed by atoms with Crippen LogP contribution >= 0.6 is 0 Å². The topological polar surface area (TPSA) is 68.3 Å². The monoisotopic (exact) mass is 300 g/mol. The van der Waals surface area contributed by atoms with E-state index in [9.17, 15) is 4.79 Å². The van der Waals surface area contributed by atoms with E-state index in [1.165, 1.54) is 5.57 Å². The van der Waals surface area contributed by atoms with Crippen molar-refractivity contribution in [1.82, 2.24) is 5.32 Å². The van der Waals surface area contributed by atoms with Crippen molar-refractivity contribution in [3.8, 4) is 0 Å². The van der Waals surface area contributed by atoms with Crippen LogP contribution in [-0.4, -0.2) is 19.0 Å². The molecular formula is C18H24N2O2. The smallest absolute Gasteiger partial charge is 0.224 e. The van der Waals surface area contributed by atoms with E-state index in [1.807, 2.05) is 12.1 Å². The lowest BCUT2D eigenvalue weighted by Gasteiger charge is -2.46. The third-order valence-corrected chi connectivity index (χ3v) is 5.39. The molecule has 1 aromatic rings. The van der Waals surface area contributed by atoms with Crippen molar-refractivity contribution in [3.63, 3.8) is 0 Å². The maximum Gasteiger partial charge on any atom is 0.224 e. The molecule has 1 aliphatic heterocycles. The van der Waals surface area contributed by atoms with Crippen LogP contribution in [0.3, 0.4) is 0 Å². The van der Waals surface area contributed by atoms with E-state index in [0.717, 1.165) is 31.7 Å². The second-order valence-electron chi connectivity index (χ2n) is 6.38. The van der Waals surface area contributed by atoms with Crippen LogP contribution in [0, 0.1) is 17.3 Å². The fraction of sp³-hybridized carbons (Fsp3) is 0.500. The summed E-state index contributed by atoms with van der Waals surface area (Å²) < 4.78 is 5.51. The molecule has 3 atom stereocenters. The minimum Gasteiger partial charge on any atom is -0.469 e. The van der Waals surface area contributed by atoms with Crippen molar-refractivity contribution in [2.75, 3.05) is 13.1 Å². The number of carbonyl (C=O) groups is 1. The van der Waals surface area contributed by atoms with Crippen molar-refractivity contribution in [2.45, 2.75) is 26.2 Å². The Bertz CT molecular complexity index is 588. The van der Waals surface area contributed by atoms with Crippen molar-refractivity contribution in [1.29, 1.82) is 0 Å². The predicted molar refractivity (Wildman–Crippen MR) is 86.0 cm³/mol. The van der Waals surface area contributed by atoms with Crippen LogP contribution in [0.5, 0.6) is 0 Å². The van der Waals surface area contributed by atoms with Crippen LogP contribution in [0.4, 0.5) is 0 Å². The summed E-state index contributed by atoms with van der Waals surface area (Å²) >= 11 is 0. The Morgan fingerprint density at radius 3 is 3.09 bits per heavy atom. The number of allylic oxidation sites excluding steroid dienone is 3. The van der Waals surface area contributed by atoms with Gasteiger partial charge in [0.2, 0.25) is 5.91 Å². The minimum atomic E-state index is -0.569. The number of nitrogens with two attached hydrogens (primary N) is 1. The third-order valence-electron chi connectivity index (χ3n) is 5.39. The molecule has 0 bridgehead atoms. The molecule has 3 rings (SSSR count). The number of amides is 1. The van der Waals surface area contributed by atoms with E-state index >= 15 is 0 Å². The lowest BCUT2D eigenvalue weighted by Crippen LogP contribution is -2.54. The molecule has 2 heterocycles. The molecule has 0 aromatic carbocycles. The maximum atomic E-state index is 12.5. The molecular weight excluding hydrogens is 276 g/mol. The van der Waals surface area contributed by atoms with Gasteiger partial charge in [0.25, 0.3) is 0 Å². The highest BCUT2D eigenvalue weighted by atomic mass is 16.3. The molecule has 1 aliphatic carbocycles. The molecule has 1 fully saturated rings. The standard InChI is InChI=1S/C18H24N2O2/c1-2-18(17(19)21,10-14-7-5-9-22-14)16-12-20-11-13-6-3-4-8-15(13)16/h3-7,9,15-16,20H,2,8,10-12H2,1H3,(H2,19,21). The summed E-state index contributed by atoms with van der Waals surface area (Å²) in [6.07, 6.45) is 10.4. The zero-order valence-corrected chi connectivity index (χ0v) is 13.0. The van der Waals surface area contributed by atoms with Crippen LogP contribution in [0.25, 0.3) is 0 Å². The maximum absolute atomic E-state index is 12.5. The number of piperidine rings is 1. The second-order valence-corrected chi connectivity index (χ2v) is 6.38. The Hall–Kier alpha value is -1.81. The van der Waals surface area contributed by atoms with Gasteiger partial charge in [-0.3, -0.25) is 4.79 Å². The van der Waals surface area contributed by atoms with Crippen LogP contribution in [0.1, 0.15) is 25.5 Å². The SMILES string of the molecule is CCC(Cc1ccco1)(C(N)=O)C1CNCC2=CC=CCC21. The van der Waals surface area contributed by atoms with E-state index < -0.39 is 5.41 Å². The molecule has 1 aromatic heterocycles. The molecule has 118 valence electrons. The largest absolute Gasteiger partial charge is 0.469 e. The highest BCUT2D eigenvalue weighted by Crippen LogP contribution is 2.45. The quantitative estimate of drug-likeness (QED) is 0.877. The summed E-state index contributed by atoms with van der Waals surface area (Å²) in [6.45, 7) is 3.79. The Labute approximate surface area is 131 Å². The first-order valence-electron chi connectivity index (χ1n) is 8.06. The second kappa shape index (κ2) is 6.13. The number of primary amides is 1. The first-order valence-corrected chi connectivity index (χ1v) is 8.06. The number of hydrogen-bond acceptors (Lipinski definition) is 3. The van der Waals surface area contributed by atoms with E-state index in [-0.39, 0.29) is 11.8 Å². The molecule has 22 heavy (non-hydrogen) atoms. The number of fused-ring (bicyclic) bond motifs is 1. The van der Waals surface area contributed by atoms with Gasteiger partial charge in [-0.25, -0.2) is 0 Å². The van der Waals surface area contributed by atoms with Crippen molar-refractivity contribution >= 4 is 5.91 Å². The molecule has 0 saturated carbocycles. The van der Waals surface area contributed by atoms with Gasteiger partial charge in [-0.1, -0.05) is 30.7 Å². The van der Waals surface area contributed by atoms with Gasteiger partial charge in [0.05, 0.1) is 11.7 Å². The highest BCUT2D eigenvalue weighted by molar-refractivity contribution is 5.81. The van der Waals surface area contributed by atoms with Gasteiger partial charge in [0.1, 0.15) is 5.76 Å². The molecule has 1 saturated heterocycles. The fourth-order valence-electron chi connectivity index (χ4n) is 4.09. The fourth-order valence-corrected chi connectivity index (χ4v) is 4.09. The molecule has 4 heteroatoms. The van der Waals surface area contributed by atoms with E-state index in [2.05, 4.69) is 30.5 Å². The van der Waals surface area contributed by atoms with Gasteiger partial charge in [-0.05, 0) is 43.4 Å². The average Bonchev–Trinajstić information content (AvgIpc) is 3.05. The Balaban J connectivity index is 1.96. The van der Waals surface area contributed by atoms with Gasteiger partial charge in [0, 0.05) is 13.0 Å². The molecule has 0 radical (unpaired) electrons. The minimum absolute atomic E-state index is 0.199. The van der Waals surface area contributed by atoms with E-state index in [4.69, 9.17) is 10.2 Å².